The van der Waals surface area contributed by atoms with Crippen molar-refractivity contribution in [1.29, 1.82) is 0 Å². The summed E-state index contributed by atoms with van der Waals surface area (Å²) in [5.74, 6) is 0. The fourth-order valence-corrected chi connectivity index (χ4v) is 2.31. The van der Waals surface area contributed by atoms with Crippen molar-refractivity contribution >= 4 is 6.03 Å². The average molecular weight is 246 g/mol. The topological polar surface area (TPSA) is 41.6 Å². The van der Waals surface area contributed by atoms with E-state index in [-0.39, 0.29) is 17.2 Å². The summed E-state index contributed by atoms with van der Waals surface area (Å²) in [5.41, 5.74) is -0.696. The number of carbonyl (C=O) groups is 1. The molecule has 1 fully saturated rings. The van der Waals surface area contributed by atoms with Crippen LogP contribution in [0.5, 0.6) is 0 Å². The smallest absolute Gasteiger partial charge is 0.317 e. The Bertz CT molecular complexity index is 264. The first-order valence-corrected chi connectivity index (χ1v) is 6.05. The van der Waals surface area contributed by atoms with Crippen LogP contribution in [0.3, 0.4) is 0 Å². The van der Waals surface area contributed by atoms with E-state index in [1.54, 1.807) is 4.90 Å². The lowest BCUT2D eigenvalue weighted by Crippen LogP contribution is -2.60. The molecule has 0 aromatic rings. The number of carbonyl (C=O) groups excluding carboxylic acids is 1. The van der Waals surface area contributed by atoms with Crippen LogP contribution in [0.2, 0.25) is 0 Å². The number of urea groups is 1. The Morgan fingerprint density at radius 3 is 2.29 bits per heavy atom. The third kappa shape index (κ3) is 4.50. The molecule has 0 atom stereocenters. The van der Waals surface area contributed by atoms with Crippen LogP contribution in [0.15, 0.2) is 0 Å². The Morgan fingerprint density at radius 1 is 1.29 bits per heavy atom. The van der Waals surface area contributed by atoms with Crippen molar-refractivity contribution in [3.63, 3.8) is 0 Å². The average Bonchev–Trinajstić information content (AvgIpc) is 2.13. The van der Waals surface area contributed by atoms with Crippen molar-refractivity contribution in [3.8, 4) is 0 Å². The summed E-state index contributed by atoms with van der Waals surface area (Å²) < 4.78 is 17.8. The van der Waals surface area contributed by atoms with E-state index in [0.717, 1.165) is 0 Å². The molecule has 1 saturated heterocycles. The van der Waals surface area contributed by atoms with Crippen molar-refractivity contribution < 1.29 is 13.9 Å². The highest BCUT2D eigenvalue weighted by atomic mass is 19.1. The number of hydrogen-bond donors (Lipinski definition) is 1. The first-order valence-electron chi connectivity index (χ1n) is 6.05. The summed E-state index contributed by atoms with van der Waals surface area (Å²) in [6.45, 7) is 8.96. The highest BCUT2D eigenvalue weighted by Gasteiger charge is 2.39. The molecule has 0 aliphatic carbocycles. The Kier molecular flexibility index (Phi) is 4.36. The van der Waals surface area contributed by atoms with Crippen LogP contribution in [-0.4, -0.2) is 48.4 Å². The molecule has 1 rings (SSSR count). The molecule has 1 aliphatic heterocycles. The van der Waals surface area contributed by atoms with Gasteiger partial charge in [0.15, 0.2) is 0 Å². The Labute approximate surface area is 102 Å². The van der Waals surface area contributed by atoms with E-state index in [4.69, 9.17) is 4.74 Å². The number of hydrogen-bond acceptors (Lipinski definition) is 2. The number of ether oxygens (including phenoxy) is 1. The second-order valence-electron chi connectivity index (χ2n) is 5.75. The SMILES string of the molecule is CC1(C)CN(C(=O)NCCCF)CC(C)(C)O1. The van der Waals surface area contributed by atoms with Gasteiger partial charge in [0, 0.05) is 6.54 Å². The van der Waals surface area contributed by atoms with Gasteiger partial charge in [-0.05, 0) is 34.1 Å². The molecule has 100 valence electrons. The molecule has 5 heteroatoms. The van der Waals surface area contributed by atoms with E-state index in [1.807, 2.05) is 27.7 Å². The first kappa shape index (κ1) is 14.2. The number of nitrogens with zero attached hydrogens (tertiary/aromatic N) is 1. The van der Waals surface area contributed by atoms with Crippen molar-refractivity contribution in [1.82, 2.24) is 10.2 Å². The lowest BCUT2D eigenvalue weighted by Gasteiger charge is -2.47. The predicted molar refractivity (Wildman–Crippen MR) is 64.8 cm³/mol. The minimum absolute atomic E-state index is 0.136. The van der Waals surface area contributed by atoms with Crippen LogP contribution in [0.4, 0.5) is 9.18 Å². The Balaban J connectivity index is 2.55. The molecule has 0 aromatic carbocycles. The van der Waals surface area contributed by atoms with E-state index in [1.165, 1.54) is 0 Å². The minimum atomic E-state index is -0.402. The summed E-state index contributed by atoms with van der Waals surface area (Å²) in [6.07, 6.45) is 0.364. The minimum Gasteiger partial charge on any atom is -0.366 e. The van der Waals surface area contributed by atoms with E-state index in [0.29, 0.717) is 26.1 Å². The standard InChI is InChI=1S/C12H23FN2O2/c1-11(2)8-15(9-12(3,4)17-11)10(16)14-7-5-6-13/h5-9H2,1-4H3,(H,14,16). The lowest BCUT2D eigenvalue weighted by atomic mass is 9.99. The summed E-state index contributed by atoms with van der Waals surface area (Å²) in [6, 6.07) is -0.136. The van der Waals surface area contributed by atoms with Crippen molar-refractivity contribution in [2.75, 3.05) is 26.3 Å². The largest absolute Gasteiger partial charge is 0.366 e. The number of morpholine rings is 1. The van der Waals surface area contributed by atoms with Crippen LogP contribution in [-0.2, 0) is 4.74 Å². The number of halogens is 1. The third-order valence-corrected chi connectivity index (χ3v) is 2.57. The molecule has 0 bridgehead atoms. The number of amides is 2. The van der Waals surface area contributed by atoms with Crippen molar-refractivity contribution in [3.05, 3.63) is 0 Å². The second kappa shape index (κ2) is 5.21. The maximum Gasteiger partial charge on any atom is 0.317 e. The van der Waals surface area contributed by atoms with Gasteiger partial charge in [-0.3, -0.25) is 4.39 Å². The molecule has 0 aromatic heterocycles. The van der Waals surface area contributed by atoms with Gasteiger partial charge in [-0.2, -0.15) is 0 Å². The van der Waals surface area contributed by atoms with Gasteiger partial charge in [0.25, 0.3) is 0 Å². The van der Waals surface area contributed by atoms with Crippen LogP contribution in [0.25, 0.3) is 0 Å². The number of rotatable bonds is 3. The zero-order chi connectivity index (χ0) is 13.1. The highest BCUT2D eigenvalue weighted by molar-refractivity contribution is 5.74. The van der Waals surface area contributed by atoms with Gasteiger partial charge in [0.05, 0.1) is 31.0 Å². The molecule has 1 aliphatic rings. The summed E-state index contributed by atoms with van der Waals surface area (Å²) in [5, 5.41) is 2.72. The van der Waals surface area contributed by atoms with Crippen molar-refractivity contribution in [2.45, 2.75) is 45.3 Å². The normalized spacial score (nSPS) is 22.3. The van der Waals surface area contributed by atoms with Gasteiger partial charge in [-0.1, -0.05) is 0 Å². The molecule has 0 spiro atoms. The lowest BCUT2D eigenvalue weighted by molar-refractivity contribution is -0.170. The molecule has 0 radical (unpaired) electrons. The molecular weight excluding hydrogens is 223 g/mol. The zero-order valence-corrected chi connectivity index (χ0v) is 11.2. The van der Waals surface area contributed by atoms with E-state index < -0.39 is 6.67 Å². The van der Waals surface area contributed by atoms with Crippen LogP contribution in [0.1, 0.15) is 34.1 Å². The maximum atomic E-state index is 11.9. The van der Waals surface area contributed by atoms with E-state index in [9.17, 15) is 9.18 Å². The molecule has 1 N–H and O–H groups in total. The van der Waals surface area contributed by atoms with Crippen LogP contribution < -0.4 is 5.32 Å². The van der Waals surface area contributed by atoms with Gasteiger partial charge in [-0.15, -0.1) is 0 Å². The maximum absolute atomic E-state index is 11.9. The third-order valence-electron chi connectivity index (χ3n) is 2.57. The highest BCUT2D eigenvalue weighted by Crippen LogP contribution is 2.27. The van der Waals surface area contributed by atoms with Crippen molar-refractivity contribution in [2.24, 2.45) is 0 Å². The van der Waals surface area contributed by atoms with Gasteiger partial charge >= 0.3 is 6.03 Å². The Morgan fingerprint density at radius 2 is 1.82 bits per heavy atom. The molecule has 0 unspecified atom stereocenters. The van der Waals surface area contributed by atoms with Gasteiger partial charge in [0.1, 0.15) is 0 Å². The molecule has 4 nitrogen and oxygen atoms in total. The second-order valence-corrected chi connectivity index (χ2v) is 5.75. The first-order chi connectivity index (χ1) is 7.76. The fourth-order valence-electron chi connectivity index (χ4n) is 2.31. The van der Waals surface area contributed by atoms with E-state index >= 15 is 0 Å². The fraction of sp³-hybridized carbons (Fsp3) is 0.917. The molecule has 1 heterocycles. The molecule has 0 saturated carbocycles. The van der Waals surface area contributed by atoms with Crippen LogP contribution >= 0.6 is 0 Å². The van der Waals surface area contributed by atoms with Gasteiger partial charge in [0.2, 0.25) is 0 Å². The van der Waals surface area contributed by atoms with Gasteiger partial charge in [-0.25, -0.2) is 4.79 Å². The quantitative estimate of drug-likeness (QED) is 0.773. The molecule has 2 amide bonds. The van der Waals surface area contributed by atoms with Gasteiger partial charge < -0.3 is 15.0 Å². The summed E-state index contributed by atoms with van der Waals surface area (Å²) in [7, 11) is 0. The van der Waals surface area contributed by atoms with Crippen LogP contribution in [0, 0.1) is 0 Å². The summed E-state index contributed by atoms with van der Waals surface area (Å²) in [4.78, 5) is 13.6. The van der Waals surface area contributed by atoms with E-state index in [2.05, 4.69) is 5.32 Å². The molecule has 17 heavy (non-hydrogen) atoms. The zero-order valence-electron chi connectivity index (χ0n) is 11.2. The predicted octanol–water partition coefficient (Wildman–Crippen LogP) is 1.95. The number of alkyl halides is 1. The monoisotopic (exact) mass is 246 g/mol. The molecular formula is C12H23FN2O2. The summed E-state index contributed by atoms with van der Waals surface area (Å²) >= 11 is 0. The Hall–Kier alpha value is -0.840. The number of nitrogens with one attached hydrogen (secondary N) is 1.